The SMILES string of the molecule is CCCCOc1ccc(C(=O)N2CCNCC2)cc1OCC. The van der Waals surface area contributed by atoms with Crippen LogP contribution < -0.4 is 14.8 Å². The molecular formula is C17H26N2O3. The molecule has 1 saturated heterocycles. The summed E-state index contributed by atoms with van der Waals surface area (Å²) in [5.74, 6) is 1.43. The third kappa shape index (κ3) is 4.37. The number of rotatable bonds is 7. The Morgan fingerprint density at radius 3 is 2.64 bits per heavy atom. The third-order valence-electron chi connectivity index (χ3n) is 3.65. The van der Waals surface area contributed by atoms with Gasteiger partial charge in [0.2, 0.25) is 0 Å². The molecule has 0 unspecified atom stereocenters. The molecule has 0 aliphatic carbocycles. The summed E-state index contributed by atoms with van der Waals surface area (Å²) in [7, 11) is 0. The largest absolute Gasteiger partial charge is 0.490 e. The zero-order valence-corrected chi connectivity index (χ0v) is 13.6. The summed E-state index contributed by atoms with van der Waals surface area (Å²) < 4.78 is 11.4. The molecule has 0 radical (unpaired) electrons. The Kier molecular flexibility index (Phi) is 6.52. The van der Waals surface area contributed by atoms with E-state index < -0.39 is 0 Å². The Labute approximate surface area is 132 Å². The van der Waals surface area contributed by atoms with Crippen molar-refractivity contribution in [3.05, 3.63) is 23.8 Å². The van der Waals surface area contributed by atoms with Gasteiger partial charge in [-0.3, -0.25) is 4.79 Å². The van der Waals surface area contributed by atoms with E-state index in [1.54, 1.807) is 6.07 Å². The van der Waals surface area contributed by atoms with Crippen LogP contribution in [0.25, 0.3) is 0 Å². The maximum Gasteiger partial charge on any atom is 0.254 e. The number of hydrogen-bond donors (Lipinski definition) is 1. The van der Waals surface area contributed by atoms with E-state index >= 15 is 0 Å². The molecule has 1 aromatic carbocycles. The number of carbonyl (C=O) groups excluding carboxylic acids is 1. The topological polar surface area (TPSA) is 50.8 Å². The van der Waals surface area contributed by atoms with Crippen LogP contribution in [-0.2, 0) is 0 Å². The molecule has 5 nitrogen and oxygen atoms in total. The highest BCUT2D eigenvalue weighted by Gasteiger charge is 2.19. The first kappa shape index (κ1) is 16.6. The van der Waals surface area contributed by atoms with Gasteiger partial charge in [-0.15, -0.1) is 0 Å². The molecule has 0 spiro atoms. The molecule has 0 atom stereocenters. The molecule has 1 N–H and O–H groups in total. The number of benzene rings is 1. The fourth-order valence-corrected chi connectivity index (χ4v) is 2.41. The minimum absolute atomic E-state index is 0.0579. The zero-order chi connectivity index (χ0) is 15.8. The van der Waals surface area contributed by atoms with Gasteiger partial charge in [0.15, 0.2) is 11.5 Å². The van der Waals surface area contributed by atoms with Crippen LogP contribution in [0, 0.1) is 0 Å². The van der Waals surface area contributed by atoms with E-state index in [9.17, 15) is 4.79 Å². The maximum absolute atomic E-state index is 12.5. The maximum atomic E-state index is 12.5. The van der Waals surface area contributed by atoms with Crippen molar-refractivity contribution in [3.8, 4) is 11.5 Å². The van der Waals surface area contributed by atoms with Crippen LogP contribution in [0.1, 0.15) is 37.0 Å². The molecule has 0 bridgehead atoms. The lowest BCUT2D eigenvalue weighted by molar-refractivity contribution is 0.0735. The lowest BCUT2D eigenvalue weighted by Gasteiger charge is -2.27. The molecule has 22 heavy (non-hydrogen) atoms. The van der Waals surface area contributed by atoms with Crippen LogP contribution in [0.15, 0.2) is 18.2 Å². The van der Waals surface area contributed by atoms with Crippen molar-refractivity contribution in [1.82, 2.24) is 10.2 Å². The van der Waals surface area contributed by atoms with Gasteiger partial charge in [-0.05, 0) is 31.5 Å². The van der Waals surface area contributed by atoms with E-state index in [0.29, 0.717) is 30.3 Å². The second-order valence-electron chi connectivity index (χ2n) is 5.34. The summed E-state index contributed by atoms with van der Waals surface area (Å²) in [5, 5.41) is 3.25. The number of carbonyl (C=O) groups is 1. The lowest BCUT2D eigenvalue weighted by atomic mass is 10.1. The summed E-state index contributed by atoms with van der Waals surface area (Å²) in [6.45, 7) is 8.47. The quantitative estimate of drug-likeness (QED) is 0.786. The van der Waals surface area contributed by atoms with Gasteiger partial charge in [0, 0.05) is 31.7 Å². The first-order chi connectivity index (χ1) is 10.8. The summed E-state index contributed by atoms with van der Waals surface area (Å²) in [5.41, 5.74) is 0.660. The molecule has 1 fully saturated rings. The van der Waals surface area contributed by atoms with Crippen molar-refractivity contribution in [2.75, 3.05) is 39.4 Å². The summed E-state index contributed by atoms with van der Waals surface area (Å²) >= 11 is 0. The normalized spacial score (nSPS) is 14.7. The Bertz CT molecular complexity index is 485. The van der Waals surface area contributed by atoms with Crippen molar-refractivity contribution < 1.29 is 14.3 Å². The van der Waals surface area contributed by atoms with Gasteiger partial charge in [0.25, 0.3) is 5.91 Å². The second-order valence-corrected chi connectivity index (χ2v) is 5.34. The van der Waals surface area contributed by atoms with Gasteiger partial charge in [-0.25, -0.2) is 0 Å². The van der Waals surface area contributed by atoms with E-state index in [1.165, 1.54) is 0 Å². The Morgan fingerprint density at radius 2 is 1.95 bits per heavy atom. The number of piperazine rings is 1. The average molecular weight is 306 g/mol. The van der Waals surface area contributed by atoms with E-state index in [-0.39, 0.29) is 5.91 Å². The average Bonchev–Trinajstić information content (AvgIpc) is 2.57. The van der Waals surface area contributed by atoms with Gasteiger partial charge in [-0.2, -0.15) is 0 Å². The molecule has 122 valence electrons. The number of unbranched alkanes of at least 4 members (excludes halogenated alkanes) is 1. The fraction of sp³-hybridized carbons (Fsp3) is 0.588. The Balaban J connectivity index is 2.11. The molecule has 1 aliphatic rings. The molecule has 1 heterocycles. The van der Waals surface area contributed by atoms with E-state index in [2.05, 4.69) is 12.2 Å². The minimum Gasteiger partial charge on any atom is -0.490 e. The molecule has 1 aromatic rings. The molecule has 1 aliphatic heterocycles. The van der Waals surface area contributed by atoms with E-state index in [0.717, 1.165) is 39.0 Å². The van der Waals surface area contributed by atoms with Crippen molar-refractivity contribution in [2.45, 2.75) is 26.7 Å². The predicted octanol–water partition coefficient (Wildman–Crippen LogP) is 2.31. The smallest absolute Gasteiger partial charge is 0.254 e. The second kappa shape index (κ2) is 8.63. The highest BCUT2D eigenvalue weighted by atomic mass is 16.5. The molecule has 0 aromatic heterocycles. The van der Waals surface area contributed by atoms with Gasteiger partial charge in [-0.1, -0.05) is 13.3 Å². The standard InChI is InChI=1S/C17H26N2O3/c1-3-5-12-22-15-7-6-14(13-16(15)21-4-2)17(20)19-10-8-18-9-11-19/h6-7,13,18H,3-5,8-12H2,1-2H3. The summed E-state index contributed by atoms with van der Waals surface area (Å²) in [6, 6.07) is 5.47. The van der Waals surface area contributed by atoms with Gasteiger partial charge in [0.05, 0.1) is 13.2 Å². The fourth-order valence-electron chi connectivity index (χ4n) is 2.41. The first-order valence-electron chi connectivity index (χ1n) is 8.16. The third-order valence-corrected chi connectivity index (χ3v) is 3.65. The Hall–Kier alpha value is -1.75. The Morgan fingerprint density at radius 1 is 1.18 bits per heavy atom. The van der Waals surface area contributed by atoms with Crippen LogP contribution in [0.2, 0.25) is 0 Å². The molecule has 5 heteroatoms. The zero-order valence-electron chi connectivity index (χ0n) is 13.6. The van der Waals surface area contributed by atoms with Gasteiger partial charge >= 0.3 is 0 Å². The lowest BCUT2D eigenvalue weighted by Crippen LogP contribution is -2.46. The van der Waals surface area contributed by atoms with Crippen molar-refractivity contribution in [1.29, 1.82) is 0 Å². The highest BCUT2D eigenvalue weighted by molar-refractivity contribution is 5.95. The number of nitrogens with one attached hydrogen (secondary N) is 1. The number of nitrogens with zero attached hydrogens (tertiary/aromatic N) is 1. The first-order valence-corrected chi connectivity index (χ1v) is 8.16. The monoisotopic (exact) mass is 306 g/mol. The van der Waals surface area contributed by atoms with Crippen LogP contribution in [0.3, 0.4) is 0 Å². The van der Waals surface area contributed by atoms with E-state index in [1.807, 2.05) is 24.0 Å². The van der Waals surface area contributed by atoms with Crippen molar-refractivity contribution in [3.63, 3.8) is 0 Å². The number of amides is 1. The number of ether oxygens (including phenoxy) is 2. The highest BCUT2D eigenvalue weighted by Crippen LogP contribution is 2.29. The van der Waals surface area contributed by atoms with E-state index in [4.69, 9.17) is 9.47 Å². The minimum atomic E-state index is 0.0579. The van der Waals surface area contributed by atoms with Crippen LogP contribution >= 0.6 is 0 Å². The number of hydrogen-bond acceptors (Lipinski definition) is 4. The van der Waals surface area contributed by atoms with Gasteiger partial charge < -0.3 is 19.7 Å². The van der Waals surface area contributed by atoms with Crippen LogP contribution in [0.5, 0.6) is 11.5 Å². The van der Waals surface area contributed by atoms with Gasteiger partial charge in [0.1, 0.15) is 0 Å². The van der Waals surface area contributed by atoms with Crippen LogP contribution in [-0.4, -0.2) is 50.2 Å². The molecule has 0 saturated carbocycles. The predicted molar refractivity (Wildman–Crippen MR) is 86.8 cm³/mol. The molecule has 1 amide bonds. The molecule has 2 rings (SSSR count). The summed E-state index contributed by atoms with van der Waals surface area (Å²) in [4.78, 5) is 14.4. The molecular weight excluding hydrogens is 280 g/mol. The van der Waals surface area contributed by atoms with Crippen molar-refractivity contribution >= 4 is 5.91 Å². The summed E-state index contributed by atoms with van der Waals surface area (Å²) in [6.07, 6.45) is 2.09. The van der Waals surface area contributed by atoms with Crippen molar-refractivity contribution in [2.24, 2.45) is 0 Å². The van der Waals surface area contributed by atoms with Crippen LogP contribution in [0.4, 0.5) is 0 Å².